The number of hydrogen-bond donors (Lipinski definition) is 2. The van der Waals surface area contributed by atoms with Gasteiger partial charge < -0.3 is 15.0 Å². The Kier molecular flexibility index (Phi) is 4.22. The van der Waals surface area contributed by atoms with Crippen molar-refractivity contribution in [3.05, 3.63) is 23.5 Å². The number of hydrogen-bond acceptors (Lipinski definition) is 3. The Morgan fingerprint density at radius 3 is 2.75 bits per heavy atom. The summed E-state index contributed by atoms with van der Waals surface area (Å²) in [6.45, 7) is 2.00. The molecule has 1 aliphatic heterocycles. The molecule has 108 valence electrons. The lowest BCUT2D eigenvalue weighted by Crippen LogP contribution is -2.44. The van der Waals surface area contributed by atoms with Crippen molar-refractivity contribution in [1.29, 1.82) is 0 Å². The van der Waals surface area contributed by atoms with Crippen LogP contribution in [0.5, 0.6) is 0 Å². The van der Waals surface area contributed by atoms with Crippen molar-refractivity contribution in [2.45, 2.75) is 38.6 Å². The number of aromatic nitrogens is 1. The Hall–Kier alpha value is -2.11. The molecule has 1 aliphatic rings. The number of nitrogens with zero attached hydrogens (tertiary/aromatic N) is 1. The summed E-state index contributed by atoms with van der Waals surface area (Å²) in [5, 5.41) is 8.92. The zero-order chi connectivity index (χ0) is 14.7. The van der Waals surface area contributed by atoms with Crippen LogP contribution in [-0.2, 0) is 4.79 Å². The lowest BCUT2D eigenvalue weighted by molar-refractivity contribution is -0.138. The fourth-order valence-corrected chi connectivity index (χ4v) is 2.56. The normalized spacial score (nSPS) is 18.9. The van der Waals surface area contributed by atoms with Gasteiger partial charge in [0.1, 0.15) is 5.69 Å². The van der Waals surface area contributed by atoms with Gasteiger partial charge in [-0.05, 0) is 32.3 Å². The van der Waals surface area contributed by atoms with E-state index in [1.54, 1.807) is 4.90 Å². The average Bonchev–Trinajstić information content (AvgIpc) is 2.87. The number of H-pyrrole nitrogens is 1. The number of rotatable bonds is 4. The number of carbonyl (C=O) groups is 3. The monoisotopic (exact) mass is 278 g/mol. The van der Waals surface area contributed by atoms with Gasteiger partial charge in [0, 0.05) is 24.3 Å². The minimum atomic E-state index is -0.898. The third-order valence-corrected chi connectivity index (χ3v) is 3.62. The highest BCUT2D eigenvalue weighted by atomic mass is 16.4. The van der Waals surface area contributed by atoms with Gasteiger partial charge in [-0.3, -0.25) is 14.4 Å². The molecule has 20 heavy (non-hydrogen) atoms. The number of ketones is 1. The smallest absolute Gasteiger partial charge is 0.305 e. The van der Waals surface area contributed by atoms with Gasteiger partial charge in [-0.25, -0.2) is 0 Å². The first-order valence-corrected chi connectivity index (χ1v) is 6.71. The molecule has 2 heterocycles. The van der Waals surface area contributed by atoms with Crippen molar-refractivity contribution in [1.82, 2.24) is 9.88 Å². The number of aromatic amines is 1. The van der Waals surface area contributed by atoms with E-state index in [1.807, 2.05) is 0 Å². The highest BCUT2D eigenvalue weighted by Gasteiger charge is 2.29. The van der Waals surface area contributed by atoms with Gasteiger partial charge in [-0.2, -0.15) is 0 Å². The molecule has 2 rings (SSSR count). The second-order valence-electron chi connectivity index (χ2n) is 5.10. The zero-order valence-corrected chi connectivity index (χ0v) is 11.4. The van der Waals surface area contributed by atoms with Crippen molar-refractivity contribution in [2.75, 3.05) is 6.54 Å². The molecule has 1 atom stereocenters. The van der Waals surface area contributed by atoms with Crippen molar-refractivity contribution >= 4 is 17.7 Å². The molecule has 0 bridgehead atoms. The quantitative estimate of drug-likeness (QED) is 0.820. The topological polar surface area (TPSA) is 90.5 Å². The summed E-state index contributed by atoms with van der Waals surface area (Å²) in [5.74, 6) is -1.24. The first kappa shape index (κ1) is 14.3. The summed E-state index contributed by atoms with van der Waals surface area (Å²) in [6.07, 6.45) is 3.99. The van der Waals surface area contributed by atoms with Gasteiger partial charge in [0.05, 0.1) is 6.42 Å². The van der Waals surface area contributed by atoms with E-state index in [2.05, 4.69) is 4.98 Å². The lowest BCUT2D eigenvalue weighted by Gasteiger charge is -2.34. The molecular formula is C14H18N2O4. The first-order chi connectivity index (χ1) is 9.49. The molecule has 6 nitrogen and oxygen atoms in total. The summed E-state index contributed by atoms with van der Waals surface area (Å²) in [5.41, 5.74) is 0.799. The van der Waals surface area contributed by atoms with E-state index in [1.165, 1.54) is 19.2 Å². The molecule has 6 heteroatoms. The summed E-state index contributed by atoms with van der Waals surface area (Å²) >= 11 is 0. The van der Waals surface area contributed by atoms with Crippen LogP contribution in [0.1, 0.15) is 53.5 Å². The van der Waals surface area contributed by atoms with Gasteiger partial charge in [-0.1, -0.05) is 0 Å². The van der Waals surface area contributed by atoms with Gasteiger partial charge in [0.2, 0.25) is 0 Å². The van der Waals surface area contributed by atoms with E-state index in [0.29, 0.717) is 24.2 Å². The molecule has 1 fully saturated rings. The predicted molar refractivity (Wildman–Crippen MR) is 71.7 cm³/mol. The maximum Gasteiger partial charge on any atom is 0.305 e. The largest absolute Gasteiger partial charge is 0.481 e. The molecule has 2 N–H and O–H groups in total. The highest BCUT2D eigenvalue weighted by molar-refractivity contribution is 5.99. The van der Waals surface area contributed by atoms with Crippen LogP contribution in [0.25, 0.3) is 0 Å². The molecule has 0 radical (unpaired) electrons. The number of aliphatic carboxylic acids is 1. The molecule has 1 saturated heterocycles. The van der Waals surface area contributed by atoms with Crippen molar-refractivity contribution in [3.63, 3.8) is 0 Å². The second-order valence-corrected chi connectivity index (χ2v) is 5.10. The summed E-state index contributed by atoms with van der Waals surface area (Å²) in [4.78, 5) is 38.9. The Balaban J connectivity index is 2.15. The van der Waals surface area contributed by atoms with Crippen molar-refractivity contribution in [3.8, 4) is 0 Å². The second kappa shape index (κ2) is 5.90. The van der Waals surface area contributed by atoms with Crippen LogP contribution >= 0.6 is 0 Å². The molecule has 0 aliphatic carbocycles. The van der Waals surface area contributed by atoms with E-state index < -0.39 is 5.97 Å². The minimum Gasteiger partial charge on any atom is -0.481 e. The van der Waals surface area contributed by atoms with Crippen LogP contribution in [0.3, 0.4) is 0 Å². The number of carboxylic acids is 1. The van der Waals surface area contributed by atoms with Gasteiger partial charge in [0.25, 0.3) is 5.91 Å². The van der Waals surface area contributed by atoms with E-state index in [-0.39, 0.29) is 24.2 Å². The molecule has 0 saturated carbocycles. The maximum atomic E-state index is 12.4. The van der Waals surface area contributed by atoms with Crippen LogP contribution in [0.2, 0.25) is 0 Å². The molecular weight excluding hydrogens is 260 g/mol. The summed E-state index contributed by atoms with van der Waals surface area (Å²) in [6, 6.07) is 1.26. The van der Waals surface area contributed by atoms with Crippen molar-refractivity contribution in [2.24, 2.45) is 0 Å². The lowest BCUT2D eigenvalue weighted by atomic mass is 9.99. The van der Waals surface area contributed by atoms with Gasteiger partial charge >= 0.3 is 5.97 Å². The van der Waals surface area contributed by atoms with E-state index >= 15 is 0 Å². The molecule has 0 aromatic carbocycles. The fraction of sp³-hybridized carbons (Fsp3) is 0.500. The Morgan fingerprint density at radius 2 is 2.15 bits per heavy atom. The van der Waals surface area contributed by atoms with Crippen LogP contribution in [0.15, 0.2) is 12.3 Å². The van der Waals surface area contributed by atoms with E-state index in [9.17, 15) is 14.4 Å². The fourth-order valence-electron chi connectivity index (χ4n) is 2.56. The SMILES string of the molecule is CC(=O)c1c[nH]c(C(=O)N2CCCCC2CC(=O)O)c1. The van der Waals surface area contributed by atoms with Crippen LogP contribution < -0.4 is 0 Å². The molecule has 1 aromatic rings. The van der Waals surface area contributed by atoms with Gasteiger partial charge in [0.15, 0.2) is 5.78 Å². The first-order valence-electron chi connectivity index (χ1n) is 6.71. The number of carboxylic acid groups (broad SMARTS) is 1. The maximum absolute atomic E-state index is 12.4. The molecule has 1 amide bonds. The highest BCUT2D eigenvalue weighted by Crippen LogP contribution is 2.22. The van der Waals surface area contributed by atoms with E-state index in [0.717, 1.165) is 12.8 Å². The van der Waals surface area contributed by atoms with Gasteiger partial charge in [-0.15, -0.1) is 0 Å². The minimum absolute atomic E-state index is 0.0357. The Morgan fingerprint density at radius 1 is 1.40 bits per heavy atom. The third-order valence-electron chi connectivity index (χ3n) is 3.62. The van der Waals surface area contributed by atoms with Crippen molar-refractivity contribution < 1.29 is 19.5 Å². The summed E-state index contributed by atoms with van der Waals surface area (Å²) < 4.78 is 0. The number of amides is 1. The predicted octanol–water partition coefficient (Wildman–Crippen LogP) is 1.69. The Labute approximate surface area is 116 Å². The zero-order valence-electron chi connectivity index (χ0n) is 11.4. The molecule has 1 aromatic heterocycles. The Bertz CT molecular complexity index is 535. The van der Waals surface area contributed by atoms with E-state index in [4.69, 9.17) is 5.11 Å². The average molecular weight is 278 g/mol. The molecule has 0 spiro atoms. The number of piperidine rings is 1. The molecule has 1 unspecified atom stereocenters. The third kappa shape index (κ3) is 3.07. The standard InChI is InChI=1S/C14H18N2O4/c1-9(17)10-6-12(15-8-10)14(20)16-5-3-2-4-11(16)7-13(18)19/h6,8,11,15H,2-5,7H2,1H3,(H,18,19). The number of nitrogens with one attached hydrogen (secondary N) is 1. The summed E-state index contributed by atoms with van der Waals surface area (Å²) in [7, 11) is 0. The van der Waals surface area contributed by atoms with Crippen LogP contribution in [-0.4, -0.2) is 45.2 Å². The van der Waals surface area contributed by atoms with Crippen LogP contribution in [0.4, 0.5) is 0 Å². The number of carbonyl (C=O) groups excluding carboxylic acids is 2. The number of likely N-dealkylation sites (tertiary alicyclic amines) is 1. The number of Topliss-reactive ketones (excluding diaryl/α,β-unsaturated/α-hetero) is 1. The van der Waals surface area contributed by atoms with Crippen LogP contribution in [0, 0.1) is 0 Å².